The van der Waals surface area contributed by atoms with E-state index in [1.165, 1.54) is 25.7 Å². The predicted molar refractivity (Wildman–Crippen MR) is 86.8 cm³/mol. The van der Waals surface area contributed by atoms with Crippen LogP contribution in [0.2, 0.25) is 0 Å². The fraction of sp³-hybridized carbons (Fsp3) is 0.625. The Kier molecular flexibility index (Phi) is 6.45. The molecule has 1 saturated heterocycles. The molecule has 2 amide bonds. The van der Waals surface area contributed by atoms with Crippen molar-refractivity contribution in [3.63, 3.8) is 0 Å². The van der Waals surface area contributed by atoms with Gasteiger partial charge >= 0.3 is 6.03 Å². The normalized spacial score (nSPS) is 16.7. The summed E-state index contributed by atoms with van der Waals surface area (Å²) < 4.78 is 0. The first-order valence-corrected chi connectivity index (χ1v) is 8.04. The summed E-state index contributed by atoms with van der Waals surface area (Å²) in [4.78, 5) is 18.4. The standard InChI is InChI=1S/C16H26N4O2/c1-13(12-21)19-16(22)18-11-14-6-7-15(17-10-14)20-8-4-2-3-5-9-20/h6-7,10,13,21H,2-5,8-9,11-12H2,1H3,(H2,18,19,22). The zero-order valence-corrected chi connectivity index (χ0v) is 13.2. The zero-order chi connectivity index (χ0) is 15.8. The number of amides is 2. The van der Waals surface area contributed by atoms with Gasteiger partial charge in [-0.25, -0.2) is 9.78 Å². The molecule has 1 unspecified atom stereocenters. The molecule has 0 saturated carbocycles. The highest BCUT2D eigenvalue weighted by Gasteiger charge is 2.11. The van der Waals surface area contributed by atoms with E-state index in [2.05, 4.69) is 20.5 Å². The van der Waals surface area contributed by atoms with E-state index in [4.69, 9.17) is 5.11 Å². The number of hydrogen-bond acceptors (Lipinski definition) is 4. The molecule has 22 heavy (non-hydrogen) atoms. The second-order valence-electron chi connectivity index (χ2n) is 5.84. The van der Waals surface area contributed by atoms with Crippen molar-refractivity contribution in [2.45, 2.75) is 45.2 Å². The van der Waals surface area contributed by atoms with E-state index in [1.54, 1.807) is 6.92 Å². The van der Waals surface area contributed by atoms with Crippen LogP contribution < -0.4 is 15.5 Å². The molecule has 0 aliphatic carbocycles. The van der Waals surface area contributed by atoms with E-state index in [0.717, 1.165) is 24.5 Å². The third-order valence-electron chi connectivity index (χ3n) is 3.84. The molecule has 2 rings (SSSR count). The van der Waals surface area contributed by atoms with Gasteiger partial charge in [0, 0.05) is 25.8 Å². The monoisotopic (exact) mass is 306 g/mol. The molecule has 1 aromatic rings. The zero-order valence-electron chi connectivity index (χ0n) is 13.2. The number of pyridine rings is 1. The van der Waals surface area contributed by atoms with Gasteiger partial charge in [-0.3, -0.25) is 0 Å². The van der Waals surface area contributed by atoms with Crippen molar-refractivity contribution >= 4 is 11.8 Å². The molecule has 0 radical (unpaired) electrons. The van der Waals surface area contributed by atoms with Gasteiger partial charge < -0.3 is 20.6 Å². The Bertz CT molecular complexity index is 456. The lowest BCUT2D eigenvalue weighted by molar-refractivity contribution is 0.220. The van der Waals surface area contributed by atoms with Crippen molar-refractivity contribution in [3.8, 4) is 0 Å². The Labute approximate surface area is 131 Å². The molecule has 1 aliphatic rings. The summed E-state index contributed by atoms with van der Waals surface area (Å²) in [6, 6.07) is 3.50. The predicted octanol–water partition coefficient (Wildman–Crippen LogP) is 1.64. The number of nitrogens with one attached hydrogen (secondary N) is 2. The summed E-state index contributed by atoms with van der Waals surface area (Å²) in [5.41, 5.74) is 0.963. The molecule has 122 valence electrons. The highest BCUT2D eigenvalue weighted by atomic mass is 16.3. The van der Waals surface area contributed by atoms with Gasteiger partial charge in [0.25, 0.3) is 0 Å². The van der Waals surface area contributed by atoms with Crippen molar-refractivity contribution in [1.29, 1.82) is 0 Å². The van der Waals surface area contributed by atoms with Gasteiger partial charge in [-0.1, -0.05) is 18.9 Å². The molecule has 0 aromatic carbocycles. The minimum atomic E-state index is -0.279. The summed E-state index contributed by atoms with van der Waals surface area (Å²) in [6.45, 7) is 4.26. The lowest BCUT2D eigenvalue weighted by Gasteiger charge is -2.21. The van der Waals surface area contributed by atoms with Crippen LogP contribution in [0.25, 0.3) is 0 Å². The van der Waals surface area contributed by atoms with Crippen LogP contribution in [0.4, 0.5) is 10.6 Å². The molecule has 0 spiro atoms. The molecular weight excluding hydrogens is 280 g/mol. The Hall–Kier alpha value is -1.82. The van der Waals surface area contributed by atoms with Gasteiger partial charge in [0.05, 0.1) is 12.6 Å². The average Bonchev–Trinajstić information content (AvgIpc) is 2.82. The van der Waals surface area contributed by atoms with E-state index in [1.807, 2.05) is 18.3 Å². The van der Waals surface area contributed by atoms with Crippen LogP contribution in [0.1, 0.15) is 38.2 Å². The van der Waals surface area contributed by atoms with E-state index in [-0.39, 0.29) is 18.7 Å². The average molecular weight is 306 g/mol. The molecule has 6 nitrogen and oxygen atoms in total. The molecule has 1 aromatic heterocycles. The number of aliphatic hydroxyl groups excluding tert-OH is 1. The van der Waals surface area contributed by atoms with Crippen molar-refractivity contribution in [3.05, 3.63) is 23.9 Å². The first kappa shape index (κ1) is 16.5. The van der Waals surface area contributed by atoms with Gasteiger partial charge in [0.1, 0.15) is 5.82 Å². The van der Waals surface area contributed by atoms with Gasteiger partial charge in [0.2, 0.25) is 0 Å². The van der Waals surface area contributed by atoms with Gasteiger partial charge in [-0.2, -0.15) is 0 Å². The summed E-state index contributed by atoms with van der Waals surface area (Å²) >= 11 is 0. The lowest BCUT2D eigenvalue weighted by atomic mass is 10.2. The maximum absolute atomic E-state index is 11.6. The number of rotatable bonds is 5. The summed E-state index contributed by atoms with van der Waals surface area (Å²) in [6.07, 6.45) is 6.89. The maximum Gasteiger partial charge on any atom is 0.315 e. The second-order valence-corrected chi connectivity index (χ2v) is 5.84. The van der Waals surface area contributed by atoms with Gasteiger partial charge in [-0.15, -0.1) is 0 Å². The van der Waals surface area contributed by atoms with E-state index in [0.29, 0.717) is 6.54 Å². The van der Waals surface area contributed by atoms with Crippen LogP contribution >= 0.6 is 0 Å². The number of urea groups is 1. The summed E-state index contributed by atoms with van der Waals surface area (Å²) in [5.74, 6) is 1.02. The van der Waals surface area contributed by atoms with E-state index in [9.17, 15) is 4.79 Å². The largest absolute Gasteiger partial charge is 0.394 e. The molecule has 2 heterocycles. The molecular formula is C16H26N4O2. The fourth-order valence-electron chi connectivity index (χ4n) is 2.51. The number of anilines is 1. The van der Waals surface area contributed by atoms with Crippen LogP contribution in [-0.4, -0.2) is 41.9 Å². The molecule has 0 bridgehead atoms. The van der Waals surface area contributed by atoms with Crippen molar-refractivity contribution in [2.75, 3.05) is 24.6 Å². The number of aromatic nitrogens is 1. The third-order valence-corrected chi connectivity index (χ3v) is 3.84. The maximum atomic E-state index is 11.6. The third kappa shape index (κ3) is 5.18. The molecule has 1 atom stereocenters. The molecule has 1 fully saturated rings. The van der Waals surface area contributed by atoms with Crippen LogP contribution in [0.15, 0.2) is 18.3 Å². The van der Waals surface area contributed by atoms with Crippen LogP contribution in [0, 0.1) is 0 Å². The smallest absolute Gasteiger partial charge is 0.315 e. The fourth-order valence-corrected chi connectivity index (χ4v) is 2.51. The number of aliphatic hydroxyl groups is 1. The second kappa shape index (κ2) is 8.58. The molecule has 3 N–H and O–H groups in total. The van der Waals surface area contributed by atoms with E-state index < -0.39 is 0 Å². The van der Waals surface area contributed by atoms with Gasteiger partial charge in [-0.05, 0) is 31.4 Å². The number of hydrogen-bond donors (Lipinski definition) is 3. The van der Waals surface area contributed by atoms with E-state index >= 15 is 0 Å². The summed E-state index contributed by atoms with van der Waals surface area (Å²) in [5, 5.41) is 14.3. The quantitative estimate of drug-likeness (QED) is 0.773. The summed E-state index contributed by atoms with van der Waals surface area (Å²) in [7, 11) is 0. The Morgan fingerprint density at radius 1 is 1.32 bits per heavy atom. The molecule has 1 aliphatic heterocycles. The Morgan fingerprint density at radius 3 is 2.64 bits per heavy atom. The Balaban J connectivity index is 1.82. The van der Waals surface area contributed by atoms with Crippen LogP contribution in [0.5, 0.6) is 0 Å². The first-order valence-electron chi connectivity index (χ1n) is 8.04. The van der Waals surface area contributed by atoms with Crippen LogP contribution in [-0.2, 0) is 6.54 Å². The highest BCUT2D eigenvalue weighted by molar-refractivity contribution is 5.74. The number of carbonyl (C=O) groups excluding carboxylic acids is 1. The highest BCUT2D eigenvalue weighted by Crippen LogP contribution is 2.17. The molecule has 6 heteroatoms. The Morgan fingerprint density at radius 2 is 2.05 bits per heavy atom. The topological polar surface area (TPSA) is 77.5 Å². The van der Waals surface area contributed by atoms with Crippen molar-refractivity contribution in [1.82, 2.24) is 15.6 Å². The number of carbonyl (C=O) groups is 1. The van der Waals surface area contributed by atoms with Gasteiger partial charge in [0.15, 0.2) is 0 Å². The minimum Gasteiger partial charge on any atom is -0.394 e. The van der Waals surface area contributed by atoms with Crippen molar-refractivity contribution in [2.24, 2.45) is 0 Å². The number of nitrogens with zero attached hydrogens (tertiary/aromatic N) is 2. The first-order chi connectivity index (χ1) is 10.7. The van der Waals surface area contributed by atoms with Crippen LogP contribution in [0.3, 0.4) is 0 Å². The van der Waals surface area contributed by atoms with Crippen molar-refractivity contribution < 1.29 is 9.90 Å². The minimum absolute atomic E-state index is 0.0699. The SMILES string of the molecule is CC(CO)NC(=O)NCc1ccc(N2CCCCCC2)nc1. The lowest BCUT2D eigenvalue weighted by Crippen LogP contribution is -2.41.